The summed E-state index contributed by atoms with van der Waals surface area (Å²) in [7, 11) is 0. The predicted molar refractivity (Wildman–Crippen MR) is 49.9 cm³/mol. The van der Waals surface area contributed by atoms with Gasteiger partial charge in [0.25, 0.3) is 0 Å². The molecule has 0 bridgehead atoms. The number of hydrogen-bond donors (Lipinski definition) is 1. The molecule has 0 aliphatic heterocycles. The highest BCUT2D eigenvalue weighted by molar-refractivity contribution is 5.79. The highest BCUT2D eigenvalue weighted by Gasteiger charge is 2.23. The molecule has 82 valence electrons. The highest BCUT2D eigenvalue weighted by Crippen LogP contribution is 2.13. The van der Waals surface area contributed by atoms with Crippen LogP contribution in [0.3, 0.4) is 0 Å². The summed E-state index contributed by atoms with van der Waals surface area (Å²) in [5, 5.41) is 0. The second-order valence-electron chi connectivity index (χ2n) is 4.13. The van der Waals surface area contributed by atoms with Crippen molar-refractivity contribution in [2.75, 3.05) is 0 Å². The standard InChI is InChI=1S/C9H17NO4/c1-6(5-7(11)14-10)8(12)13-9(2,3)4/h6H,5,10H2,1-4H3. The van der Waals surface area contributed by atoms with E-state index in [1.807, 2.05) is 0 Å². The number of rotatable bonds is 3. The number of ether oxygens (including phenoxy) is 1. The molecular weight excluding hydrogens is 186 g/mol. The molecule has 1 atom stereocenters. The Hall–Kier alpha value is -1.10. The van der Waals surface area contributed by atoms with E-state index in [1.165, 1.54) is 0 Å². The van der Waals surface area contributed by atoms with Crippen molar-refractivity contribution >= 4 is 11.9 Å². The van der Waals surface area contributed by atoms with Crippen LogP contribution in [0.4, 0.5) is 0 Å². The molecule has 0 amide bonds. The molecule has 0 aliphatic rings. The summed E-state index contributed by atoms with van der Waals surface area (Å²) in [4.78, 5) is 26.0. The fourth-order valence-corrected chi connectivity index (χ4v) is 0.784. The summed E-state index contributed by atoms with van der Waals surface area (Å²) in [6, 6.07) is 0. The van der Waals surface area contributed by atoms with E-state index in [4.69, 9.17) is 4.74 Å². The van der Waals surface area contributed by atoms with Crippen molar-refractivity contribution in [1.82, 2.24) is 0 Å². The van der Waals surface area contributed by atoms with E-state index in [1.54, 1.807) is 27.7 Å². The molecule has 0 fully saturated rings. The van der Waals surface area contributed by atoms with Gasteiger partial charge in [0.2, 0.25) is 0 Å². The zero-order valence-electron chi connectivity index (χ0n) is 8.99. The number of esters is 1. The van der Waals surface area contributed by atoms with Gasteiger partial charge in [0.05, 0.1) is 12.3 Å². The molecule has 0 saturated carbocycles. The van der Waals surface area contributed by atoms with E-state index in [-0.39, 0.29) is 6.42 Å². The van der Waals surface area contributed by atoms with Gasteiger partial charge in [-0.1, -0.05) is 6.92 Å². The Morgan fingerprint density at radius 3 is 2.21 bits per heavy atom. The Labute approximate surface area is 83.5 Å². The number of carbonyl (C=O) groups excluding carboxylic acids is 2. The lowest BCUT2D eigenvalue weighted by Crippen LogP contribution is -2.29. The number of nitrogens with two attached hydrogens (primary N) is 1. The van der Waals surface area contributed by atoms with Crippen LogP contribution in [0.1, 0.15) is 34.1 Å². The highest BCUT2D eigenvalue weighted by atomic mass is 16.7. The lowest BCUT2D eigenvalue weighted by Gasteiger charge is -2.21. The molecule has 5 heteroatoms. The topological polar surface area (TPSA) is 78.6 Å². The lowest BCUT2D eigenvalue weighted by atomic mass is 10.1. The van der Waals surface area contributed by atoms with E-state index in [0.717, 1.165) is 0 Å². The van der Waals surface area contributed by atoms with Crippen molar-refractivity contribution < 1.29 is 19.2 Å². The summed E-state index contributed by atoms with van der Waals surface area (Å²) in [5.41, 5.74) is -0.544. The van der Waals surface area contributed by atoms with Crippen molar-refractivity contribution in [1.29, 1.82) is 0 Å². The third-order valence-electron chi connectivity index (χ3n) is 1.41. The van der Waals surface area contributed by atoms with Gasteiger partial charge in [0.15, 0.2) is 0 Å². The van der Waals surface area contributed by atoms with Crippen molar-refractivity contribution in [3.63, 3.8) is 0 Å². The van der Waals surface area contributed by atoms with Crippen LogP contribution in [-0.2, 0) is 19.2 Å². The van der Waals surface area contributed by atoms with E-state index in [0.29, 0.717) is 0 Å². The zero-order chi connectivity index (χ0) is 11.4. The molecule has 0 aromatic rings. The molecule has 0 radical (unpaired) electrons. The van der Waals surface area contributed by atoms with Crippen LogP contribution in [0.2, 0.25) is 0 Å². The van der Waals surface area contributed by atoms with Crippen molar-refractivity contribution in [2.45, 2.75) is 39.7 Å². The van der Waals surface area contributed by atoms with Gasteiger partial charge in [-0.15, -0.1) is 0 Å². The molecule has 0 saturated heterocycles. The summed E-state index contributed by atoms with van der Waals surface area (Å²) >= 11 is 0. The molecule has 0 heterocycles. The lowest BCUT2D eigenvalue weighted by molar-refractivity contribution is -0.163. The maximum absolute atomic E-state index is 11.3. The van der Waals surface area contributed by atoms with Crippen molar-refractivity contribution in [3.05, 3.63) is 0 Å². The third kappa shape index (κ3) is 5.53. The normalized spacial score (nSPS) is 13.2. The molecule has 0 aromatic heterocycles. The largest absolute Gasteiger partial charge is 0.460 e. The molecule has 0 spiro atoms. The molecule has 5 nitrogen and oxygen atoms in total. The van der Waals surface area contributed by atoms with Crippen LogP contribution in [0.15, 0.2) is 0 Å². The Morgan fingerprint density at radius 1 is 1.36 bits per heavy atom. The van der Waals surface area contributed by atoms with Gasteiger partial charge < -0.3 is 9.57 Å². The SMILES string of the molecule is CC(CC(=O)ON)C(=O)OC(C)(C)C. The van der Waals surface area contributed by atoms with Crippen LogP contribution in [-0.4, -0.2) is 17.5 Å². The number of hydrogen-bond acceptors (Lipinski definition) is 5. The Balaban J connectivity index is 4.07. The first-order valence-electron chi connectivity index (χ1n) is 4.38. The molecular formula is C9H17NO4. The second-order valence-corrected chi connectivity index (χ2v) is 4.13. The van der Waals surface area contributed by atoms with Gasteiger partial charge in [-0.3, -0.25) is 9.59 Å². The van der Waals surface area contributed by atoms with Crippen LogP contribution in [0.25, 0.3) is 0 Å². The Bertz CT molecular complexity index is 219. The molecule has 1 unspecified atom stereocenters. The average molecular weight is 203 g/mol. The zero-order valence-corrected chi connectivity index (χ0v) is 8.99. The van der Waals surface area contributed by atoms with E-state index < -0.39 is 23.5 Å². The first-order chi connectivity index (χ1) is 6.26. The smallest absolute Gasteiger partial charge is 0.325 e. The third-order valence-corrected chi connectivity index (χ3v) is 1.41. The van der Waals surface area contributed by atoms with Crippen molar-refractivity contribution in [2.24, 2.45) is 11.8 Å². The monoisotopic (exact) mass is 203 g/mol. The van der Waals surface area contributed by atoms with Crippen LogP contribution in [0, 0.1) is 5.92 Å². The maximum atomic E-state index is 11.3. The predicted octanol–water partition coefficient (Wildman–Crippen LogP) is 0.771. The van der Waals surface area contributed by atoms with Gasteiger partial charge in [-0.2, -0.15) is 5.90 Å². The van der Waals surface area contributed by atoms with E-state index in [2.05, 4.69) is 10.7 Å². The molecule has 0 aliphatic carbocycles. The summed E-state index contributed by atoms with van der Waals surface area (Å²) in [6.07, 6.45) is -0.0641. The van der Waals surface area contributed by atoms with Gasteiger partial charge >= 0.3 is 11.9 Å². The molecule has 0 aromatic carbocycles. The first-order valence-corrected chi connectivity index (χ1v) is 4.38. The van der Waals surface area contributed by atoms with Crippen LogP contribution >= 0.6 is 0 Å². The minimum Gasteiger partial charge on any atom is -0.460 e. The molecule has 0 rings (SSSR count). The summed E-state index contributed by atoms with van der Waals surface area (Å²) < 4.78 is 5.06. The average Bonchev–Trinajstić information content (AvgIpc) is 2.00. The van der Waals surface area contributed by atoms with Crippen molar-refractivity contribution in [3.8, 4) is 0 Å². The van der Waals surface area contributed by atoms with Gasteiger partial charge in [0.1, 0.15) is 5.60 Å². The maximum Gasteiger partial charge on any atom is 0.325 e. The summed E-state index contributed by atoms with van der Waals surface area (Å²) in [5.74, 6) is 3.06. The van der Waals surface area contributed by atoms with Crippen LogP contribution < -0.4 is 5.90 Å². The first kappa shape index (κ1) is 12.9. The second kappa shape index (κ2) is 4.95. The fourth-order valence-electron chi connectivity index (χ4n) is 0.784. The Kier molecular flexibility index (Phi) is 4.56. The van der Waals surface area contributed by atoms with Gasteiger partial charge in [0, 0.05) is 0 Å². The quantitative estimate of drug-likeness (QED) is 0.541. The van der Waals surface area contributed by atoms with Gasteiger partial charge in [-0.25, -0.2) is 0 Å². The van der Waals surface area contributed by atoms with E-state index in [9.17, 15) is 9.59 Å². The van der Waals surface area contributed by atoms with Gasteiger partial charge in [-0.05, 0) is 20.8 Å². The van der Waals surface area contributed by atoms with E-state index >= 15 is 0 Å². The summed E-state index contributed by atoms with van der Waals surface area (Å²) in [6.45, 7) is 6.88. The minimum atomic E-state index is -0.622. The minimum absolute atomic E-state index is 0.0641. The molecule has 14 heavy (non-hydrogen) atoms. The fraction of sp³-hybridized carbons (Fsp3) is 0.778. The Morgan fingerprint density at radius 2 is 1.86 bits per heavy atom. The molecule has 2 N–H and O–H groups in total. The van der Waals surface area contributed by atoms with Crippen LogP contribution in [0.5, 0.6) is 0 Å². The number of carbonyl (C=O) groups is 2.